The zero-order chi connectivity index (χ0) is 16.1. The maximum Gasteiger partial charge on any atom is 0.270 e. The third-order valence-corrected chi connectivity index (χ3v) is 4.08. The number of amides is 1. The molecule has 0 spiro atoms. The predicted molar refractivity (Wildman–Crippen MR) is 87.3 cm³/mol. The van der Waals surface area contributed by atoms with Crippen molar-refractivity contribution in [2.75, 3.05) is 5.32 Å². The molecule has 22 heavy (non-hydrogen) atoms. The van der Waals surface area contributed by atoms with Gasteiger partial charge in [0.1, 0.15) is 11.6 Å². The molecule has 0 aliphatic carbocycles. The van der Waals surface area contributed by atoms with Gasteiger partial charge in [0.2, 0.25) is 0 Å². The van der Waals surface area contributed by atoms with Gasteiger partial charge in [-0.2, -0.15) is 5.26 Å². The Balaban J connectivity index is 2.21. The minimum Gasteiger partial charge on any atom is -0.320 e. The monoisotopic (exact) mass is 377 g/mol. The van der Waals surface area contributed by atoms with Crippen molar-refractivity contribution in [2.45, 2.75) is 0 Å². The van der Waals surface area contributed by atoms with Crippen molar-refractivity contribution in [3.8, 4) is 6.07 Å². The Morgan fingerprint density at radius 2 is 2.23 bits per heavy atom. The van der Waals surface area contributed by atoms with Crippen molar-refractivity contribution in [3.05, 3.63) is 60.7 Å². The van der Waals surface area contributed by atoms with Crippen LogP contribution in [0.4, 0.5) is 11.4 Å². The minimum atomic E-state index is -0.578. The van der Waals surface area contributed by atoms with Crippen molar-refractivity contribution in [2.24, 2.45) is 0 Å². The van der Waals surface area contributed by atoms with Crippen molar-refractivity contribution < 1.29 is 9.72 Å². The number of carbonyl (C=O) groups excluding carboxylic acids is 1. The Morgan fingerprint density at radius 1 is 1.45 bits per heavy atom. The highest BCUT2D eigenvalue weighted by Crippen LogP contribution is 2.27. The lowest BCUT2D eigenvalue weighted by molar-refractivity contribution is -0.384. The summed E-state index contributed by atoms with van der Waals surface area (Å²) in [6.45, 7) is 0. The third kappa shape index (κ3) is 3.78. The first-order chi connectivity index (χ1) is 10.5. The second-order valence-electron chi connectivity index (χ2n) is 4.06. The van der Waals surface area contributed by atoms with Gasteiger partial charge in [-0.25, -0.2) is 0 Å². The Bertz CT molecular complexity index is 794. The van der Waals surface area contributed by atoms with Gasteiger partial charge in [0.05, 0.1) is 10.6 Å². The number of nitriles is 1. The molecule has 0 saturated carbocycles. The molecular formula is C14H8BrN3O3S. The van der Waals surface area contributed by atoms with Crippen LogP contribution in [-0.4, -0.2) is 10.8 Å². The summed E-state index contributed by atoms with van der Waals surface area (Å²) in [6, 6.07) is 9.40. The number of nitro benzene ring substituents is 1. The largest absolute Gasteiger partial charge is 0.320 e. The van der Waals surface area contributed by atoms with E-state index in [4.69, 9.17) is 5.26 Å². The van der Waals surface area contributed by atoms with Crippen LogP contribution in [0.25, 0.3) is 6.08 Å². The molecule has 1 amide bonds. The lowest BCUT2D eigenvalue weighted by atomic mass is 10.2. The molecule has 1 heterocycles. The first-order valence-electron chi connectivity index (χ1n) is 5.92. The molecule has 6 nitrogen and oxygen atoms in total. The number of thiophene rings is 1. The van der Waals surface area contributed by atoms with Crippen LogP contribution in [-0.2, 0) is 4.79 Å². The number of hydrogen-bond acceptors (Lipinski definition) is 5. The van der Waals surface area contributed by atoms with E-state index < -0.39 is 10.8 Å². The molecular weight excluding hydrogens is 370 g/mol. The summed E-state index contributed by atoms with van der Waals surface area (Å²) in [6.07, 6.45) is 1.49. The maximum absolute atomic E-state index is 12.1. The first-order valence-corrected chi connectivity index (χ1v) is 7.59. The summed E-state index contributed by atoms with van der Waals surface area (Å²) in [5.74, 6) is -0.578. The topological polar surface area (TPSA) is 96.0 Å². The Morgan fingerprint density at radius 3 is 2.77 bits per heavy atom. The van der Waals surface area contributed by atoms with Crippen molar-refractivity contribution in [3.63, 3.8) is 0 Å². The second-order valence-corrected chi connectivity index (χ2v) is 5.89. The van der Waals surface area contributed by atoms with Gasteiger partial charge in [0, 0.05) is 21.5 Å². The quantitative estimate of drug-likeness (QED) is 0.377. The van der Waals surface area contributed by atoms with Gasteiger partial charge >= 0.3 is 0 Å². The fourth-order valence-corrected chi connectivity index (χ4v) is 2.70. The van der Waals surface area contributed by atoms with Crippen molar-refractivity contribution >= 4 is 50.6 Å². The summed E-state index contributed by atoms with van der Waals surface area (Å²) < 4.78 is 0.364. The van der Waals surface area contributed by atoms with Gasteiger partial charge in [-0.05, 0) is 39.5 Å². The number of anilines is 1. The van der Waals surface area contributed by atoms with Crippen molar-refractivity contribution in [1.29, 1.82) is 5.26 Å². The van der Waals surface area contributed by atoms with Gasteiger partial charge in [-0.1, -0.05) is 6.07 Å². The molecule has 0 saturated heterocycles. The molecule has 8 heteroatoms. The molecule has 1 N–H and O–H groups in total. The third-order valence-electron chi connectivity index (χ3n) is 2.61. The lowest BCUT2D eigenvalue weighted by Gasteiger charge is -2.06. The van der Waals surface area contributed by atoms with E-state index in [-0.39, 0.29) is 11.3 Å². The highest BCUT2D eigenvalue weighted by molar-refractivity contribution is 9.10. The SMILES string of the molecule is N#C/C(=C/c1cccs1)C(=O)Nc1ccc([N+](=O)[O-])cc1Br. The minimum absolute atomic E-state index is 0.0484. The molecule has 0 aliphatic rings. The number of carbonyl (C=O) groups is 1. The highest BCUT2D eigenvalue weighted by atomic mass is 79.9. The molecule has 0 unspecified atom stereocenters. The number of non-ortho nitro benzene ring substituents is 1. The smallest absolute Gasteiger partial charge is 0.270 e. The number of nitro groups is 1. The number of rotatable bonds is 4. The molecule has 0 aliphatic heterocycles. The van der Waals surface area contributed by atoms with Crippen molar-refractivity contribution in [1.82, 2.24) is 0 Å². The molecule has 0 atom stereocenters. The zero-order valence-electron chi connectivity index (χ0n) is 10.9. The van der Waals surface area contributed by atoms with Gasteiger partial charge in [-0.15, -0.1) is 11.3 Å². The van der Waals surface area contributed by atoms with Gasteiger partial charge in [0.25, 0.3) is 11.6 Å². The Kier molecular flexibility index (Phi) is 5.04. The maximum atomic E-state index is 12.1. The standard InChI is InChI=1S/C14H8BrN3O3S/c15-12-7-10(18(20)21)3-4-13(12)17-14(19)9(8-16)6-11-2-1-5-22-11/h1-7H,(H,17,19)/b9-6-. The number of halogens is 1. The summed E-state index contributed by atoms with van der Waals surface area (Å²) in [5.41, 5.74) is 0.204. The summed E-state index contributed by atoms with van der Waals surface area (Å²) >= 11 is 4.56. The van der Waals surface area contributed by atoms with E-state index in [1.54, 1.807) is 6.07 Å². The lowest BCUT2D eigenvalue weighted by Crippen LogP contribution is -2.13. The molecule has 2 aromatic rings. The average molecular weight is 378 g/mol. The van der Waals surface area contributed by atoms with E-state index in [0.717, 1.165) is 4.88 Å². The summed E-state index contributed by atoms with van der Waals surface area (Å²) in [7, 11) is 0. The Labute approximate surface area is 138 Å². The van der Waals surface area contributed by atoms with Crippen LogP contribution in [0.1, 0.15) is 4.88 Å². The van der Waals surface area contributed by atoms with E-state index in [2.05, 4.69) is 21.2 Å². The van der Waals surface area contributed by atoms with Crippen LogP contribution in [0.3, 0.4) is 0 Å². The molecule has 1 aromatic carbocycles. The van der Waals surface area contributed by atoms with E-state index in [9.17, 15) is 14.9 Å². The van der Waals surface area contributed by atoms with Crippen LogP contribution in [0, 0.1) is 21.4 Å². The fourth-order valence-electron chi connectivity index (χ4n) is 1.57. The first kappa shape index (κ1) is 15.9. The van der Waals surface area contributed by atoms with E-state index >= 15 is 0 Å². The van der Waals surface area contributed by atoms with Gasteiger partial charge in [0.15, 0.2) is 0 Å². The van der Waals surface area contributed by atoms with Gasteiger partial charge < -0.3 is 5.32 Å². The molecule has 0 bridgehead atoms. The average Bonchev–Trinajstić information content (AvgIpc) is 2.99. The van der Waals surface area contributed by atoms with E-state index in [0.29, 0.717) is 10.2 Å². The van der Waals surface area contributed by atoms with Crippen LogP contribution in [0.15, 0.2) is 45.8 Å². The number of hydrogen-bond donors (Lipinski definition) is 1. The fraction of sp³-hybridized carbons (Fsp3) is 0. The highest BCUT2D eigenvalue weighted by Gasteiger charge is 2.14. The molecule has 0 fully saturated rings. The van der Waals surface area contributed by atoms with Crippen LogP contribution in [0.5, 0.6) is 0 Å². The van der Waals surface area contributed by atoms with E-state index in [1.807, 2.05) is 17.5 Å². The number of nitrogens with zero attached hydrogens (tertiary/aromatic N) is 2. The molecule has 0 radical (unpaired) electrons. The normalized spacial score (nSPS) is 10.8. The molecule has 1 aromatic heterocycles. The summed E-state index contributed by atoms with van der Waals surface area (Å²) in [5, 5.41) is 24.1. The molecule has 110 valence electrons. The van der Waals surface area contributed by atoms with Crippen LogP contribution < -0.4 is 5.32 Å². The van der Waals surface area contributed by atoms with Crippen LogP contribution in [0.2, 0.25) is 0 Å². The Hall–Kier alpha value is -2.50. The molecule has 2 rings (SSSR count). The zero-order valence-corrected chi connectivity index (χ0v) is 13.3. The van der Waals surface area contributed by atoms with Crippen LogP contribution >= 0.6 is 27.3 Å². The van der Waals surface area contributed by atoms with E-state index in [1.165, 1.54) is 35.6 Å². The number of benzene rings is 1. The second kappa shape index (κ2) is 6.98. The van der Waals surface area contributed by atoms with Gasteiger partial charge in [-0.3, -0.25) is 14.9 Å². The summed E-state index contributed by atoms with van der Waals surface area (Å²) in [4.78, 5) is 23.0. The predicted octanol–water partition coefficient (Wildman–Crippen LogP) is 3.96. The number of nitrogens with one attached hydrogen (secondary N) is 1.